The number of halogens is 4. The van der Waals surface area contributed by atoms with E-state index in [1.807, 2.05) is 6.92 Å². The number of pyridine rings is 1. The van der Waals surface area contributed by atoms with Crippen LogP contribution in [0.4, 0.5) is 23.2 Å². The molecule has 6 atom stereocenters. The van der Waals surface area contributed by atoms with Crippen molar-refractivity contribution in [3.05, 3.63) is 71.7 Å². The number of hydrogen-bond acceptors (Lipinski definition) is 11. The molecule has 4 aliphatic rings. The van der Waals surface area contributed by atoms with Crippen molar-refractivity contribution < 1.29 is 49.8 Å². The van der Waals surface area contributed by atoms with Crippen molar-refractivity contribution in [2.75, 3.05) is 24.7 Å². The molecule has 3 aromatic rings. The lowest BCUT2D eigenvalue weighted by Crippen LogP contribution is -2.59. The number of aromatic nitrogens is 1. The number of hydrogen-bond donors (Lipinski definition) is 3. The number of rotatable bonds is 14. The first kappa shape index (κ1) is 47.1. The number of nitrogens with one attached hydrogen (secondary N) is 3. The molecule has 2 aliphatic heterocycles. The van der Waals surface area contributed by atoms with Gasteiger partial charge in [-0.2, -0.15) is 13.2 Å². The molecule has 1 unspecified atom stereocenters. The van der Waals surface area contributed by atoms with E-state index < -0.39 is 85.1 Å². The quantitative estimate of drug-likeness (QED) is 0.112. The minimum absolute atomic E-state index is 0.0440. The van der Waals surface area contributed by atoms with E-state index in [0.29, 0.717) is 59.0 Å². The summed E-state index contributed by atoms with van der Waals surface area (Å²) in [6.45, 7) is 16.2. The fourth-order valence-corrected chi connectivity index (χ4v) is 10.7. The second kappa shape index (κ2) is 16.8. The van der Waals surface area contributed by atoms with Crippen molar-refractivity contribution >= 4 is 61.1 Å². The largest absolute Gasteiger partial charge is 0.496 e. The topological polar surface area (TPSA) is 168 Å². The van der Waals surface area contributed by atoms with Gasteiger partial charge in [0.2, 0.25) is 21.8 Å². The van der Waals surface area contributed by atoms with Crippen LogP contribution in [0.3, 0.4) is 0 Å². The average molecular weight is 931 g/mol. The smallest absolute Gasteiger partial charge is 0.416 e. The van der Waals surface area contributed by atoms with Gasteiger partial charge in [0.15, 0.2) is 0 Å². The zero-order valence-electron chi connectivity index (χ0n) is 37.0. The summed E-state index contributed by atoms with van der Waals surface area (Å²) in [4.78, 5) is 54.6. The number of aryl methyl sites for hydroxylation is 1. The summed E-state index contributed by atoms with van der Waals surface area (Å²) in [5.74, 6) is -2.21. The fourth-order valence-electron chi connectivity index (χ4n) is 8.17. The van der Waals surface area contributed by atoms with Crippen molar-refractivity contribution in [3.63, 3.8) is 0 Å². The molecule has 346 valence electrons. The van der Waals surface area contributed by atoms with Crippen molar-refractivity contribution in [2.24, 2.45) is 22.2 Å². The number of benzene rings is 2. The number of sulfonamides is 1. The summed E-state index contributed by atoms with van der Waals surface area (Å²) in [5.41, 5.74) is -2.41. The first-order valence-corrected chi connectivity index (χ1v) is 23.6. The Morgan fingerprint density at radius 2 is 1.78 bits per heavy atom. The van der Waals surface area contributed by atoms with Crippen molar-refractivity contribution in [1.29, 1.82) is 0 Å². The molecule has 3 N–H and O–H groups in total. The van der Waals surface area contributed by atoms with Gasteiger partial charge >= 0.3 is 6.18 Å². The van der Waals surface area contributed by atoms with E-state index in [-0.39, 0.29) is 31.1 Å². The normalized spacial score (nSPS) is 24.5. The van der Waals surface area contributed by atoms with Gasteiger partial charge in [-0.25, -0.2) is 17.8 Å². The van der Waals surface area contributed by atoms with Gasteiger partial charge in [0, 0.05) is 40.8 Å². The van der Waals surface area contributed by atoms with E-state index in [1.54, 1.807) is 57.8 Å². The summed E-state index contributed by atoms with van der Waals surface area (Å²) < 4.78 is 95.8. The van der Waals surface area contributed by atoms with Gasteiger partial charge in [0.1, 0.15) is 46.1 Å². The number of thioether (sulfide) groups is 1. The number of alkyl halides is 3. The van der Waals surface area contributed by atoms with Crippen LogP contribution in [0.2, 0.25) is 0 Å². The first-order chi connectivity index (χ1) is 29.8. The minimum Gasteiger partial charge on any atom is -0.496 e. The molecule has 2 saturated carbocycles. The maximum absolute atomic E-state index is 15.0. The minimum atomic E-state index is -4.88. The highest BCUT2D eigenvalue weighted by Crippen LogP contribution is 2.47. The van der Waals surface area contributed by atoms with E-state index in [2.05, 4.69) is 35.8 Å². The van der Waals surface area contributed by atoms with Crippen LogP contribution in [0.1, 0.15) is 84.0 Å². The molecule has 2 aromatic carbocycles. The lowest BCUT2D eigenvalue weighted by Gasteiger charge is -2.36. The number of anilines is 1. The molecular weight excluding hydrogens is 877 g/mol. The highest BCUT2D eigenvalue weighted by atomic mass is 32.2. The third-order valence-corrected chi connectivity index (χ3v) is 16.0. The Morgan fingerprint density at radius 1 is 1.08 bits per heavy atom. The molecule has 7 rings (SSSR count). The molecular formula is C45H54F4N6O7S2. The van der Waals surface area contributed by atoms with Crippen LogP contribution in [0.25, 0.3) is 10.9 Å². The number of ether oxygens (including phenoxy) is 2. The van der Waals surface area contributed by atoms with Crippen molar-refractivity contribution in [2.45, 2.75) is 115 Å². The maximum atomic E-state index is 15.0. The van der Waals surface area contributed by atoms with Crippen molar-refractivity contribution in [1.82, 2.24) is 19.9 Å². The van der Waals surface area contributed by atoms with Crippen LogP contribution in [0.15, 0.2) is 54.0 Å². The molecule has 0 spiro atoms. The Bertz CT molecular complexity index is 2540. The standard InChI is InChI=1S/C45H54F4N6O7S2/c1-10-25-20-44(25,41(58)54-64(59,60)43(8)13-14-43)53-38(56)33-18-29(21-55(33)40(57)37(42(5,6)7)50-28-16-26(45(47,48)49)15-27(46)17-28)62-35-19-31(39-52-32(22-63-39)23(2)3)51-36-24(4)34(61-9)12-11-30(35)36/h10-12,15-17,19,23,25,29,32-33,37,50H,1,13-14,18,20-22H2,2-9H3,(H,53,56)(H,54,58)/t25-,29-,32?,33+,37-,44-/m1/s1. The highest BCUT2D eigenvalue weighted by molar-refractivity contribution is 8.14. The molecule has 64 heavy (non-hydrogen) atoms. The van der Waals surface area contributed by atoms with E-state index >= 15 is 0 Å². The number of carbonyl (C=O) groups is 3. The Hall–Kier alpha value is -4.91. The van der Waals surface area contributed by atoms with Gasteiger partial charge < -0.3 is 25.0 Å². The summed E-state index contributed by atoms with van der Waals surface area (Å²) in [5, 5.41) is 6.93. The summed E-state index contributed by atoms with van der Waals surface area (Å²) in [6.07, 6.45) is -3.65. The lowest BCUT2D eigenvalue weighted by atomic mass is 9.85. The Morgan fingerprint density at radius 3 is 2.36 bits per heavy atom. The molecule has 2 aliphatic carbocycles. The van der Waals surface area contributed by atoms with Gasteiger partial charge in [0.25, 0.3) is 5.91 Å². The third-order valence-electron chi connectivity index (χ3n) is 12.7. The highest BCUT2D eigenvalue weighted by Gasteiger charge is 2.63. The van der Waals surface area contributed by atoms with Gasteiger partial charge in [0.05, 0.1) is 41.2 Å². The van der Waals surface area contributed by atoms with Crippen LogP contribution in [0, 0.1) is 30.0 Å². The fraction of sp³-hybridized carbons (Fsp3) is 0.533. The molecule has 3 fully saturated rings. The van der Waals surface area contributed by atoms with E-state index in [1.165, 1.54) is 17.9 Å². The van der Waals surface area contributed by atoms with Crippen molar-refractivity contribution in [3.8, 4) is 11.5 Å². The predicted octanol–water partition coefficient (Wildman–Crippen LogP) is 7.16. The van der Waals surface area contributed by atoms with Crippen LogP contribution in [-0.2, 0) is 30.6 Å². The number of carbonyl (C=O) groups excluding carboxylic acids is 3. The second-order valence-electron chi connectivity index (χ2n) is 18.9. The molecule has 19 heteroatoms. The number of likely N-dealkylation sites (tertiary alicyclic amines) is 1. The second-order valence-corrected chi connectivity index (χ2v) is 22.1. The molecule has 13 nitrogen and oxygen atoms in total. The maximum Gasteiger partial charge on any atom is 0.416 e. The van der Waals surface area contributed by atoms with Gasteiger partial charge in [-0.15, -0.1) is 18.3 Å². The molecule has 3 amide bonds. The van der Waals surface area contributed by atoms with E-state index in [4.69, 9.17) is 19.5 Å². The molecule has 0 radical (unpaired) electrons. The van der Waals surface area contributed by atoms with Crippen LogP contribution in [-0.4, -0.2) is 95.0 Å². The Balaban J connectivity index is 1.26. The predicted molar refractivity (Wildman–Crippen MR) is 237 cm³/mol. The number of aliphatic imine (C=N–C) groups is 1. The van der Waals surface area contributed by atoms with Gasteiger partial charge in [-0.05, 0) is 74.8 Å². The summed E-state index contributed by atoms with van der Waals surface area (Å²) >= 11 is 1.57. The number of amides is 3. The molecule has 0 bridgehead atoms. The zero-order chi connectivity index (χ0) is 46.9. The third kappa shape index (κ3) is 9.15. The number of fused-ring (bicyclic) bond motifs is 1. The monoisotopic (exact) mass is 930 g/mol. The Labute approximate surface area is 374 Å². The van der Waals surface area contributed by atoms with Gasteiger partial charge in [-0.1, -0.05) is 40.7 Å². The summed E-state index contributed by atoms with van der Waals surface area (Å²) in [7, 11) is -2.54. The molecule has 1 saturated heterocycles. The Kier molecular flexibility index (Phi) is 12.4. The molecule has 3 heterocycles. The van der Waals surface area contributed by atoms with Crippen LogP contribution < -0.4 is 24.8 Å². The van der Waals surface area contributed by atoms with E-state index in [0.717, 1.165) is 22.4 Å². The molecule has 1 aromatic heterocycles. The average Bonchev–Trinajstić information content (AvgIpc) is 3.99. The van der Waals surface area contributed by atoms with E-state index in [9.17, 15) is 40.4 Å². The van der Waals surface area contributed by atoms with Crippen LogP contribution >= 0.6 is 11.8 Å². The number of nitrogens with zero attached hydrogens (tertiary/aromatic N) is 3. The zero-order valence-corrected chi connectivity index (χ0v) is 38.6. The summed E-state index contributed by atoms with van der Waals surface area (Å²) in [6, 6.07) is 4.68. The SMILES string of the molecule is C=C[C@@H]1C[C@]1(NC(=O)[C@@H]1C[C@@H](Oc2cc(C3=NC(C(C)C)CS3)nc3c(C)c(OC)ccc23)CN1C(=O)[C@@H](Nc1cc(F)cc(C(F)(F)F)c1)C(C)(C)C)C(=O)NS(=O)(=O)C1(C)CC1. The lowest BCUT2D eigenvalue weighted by molar-refractivity contribution is -0.141. The number of methoxy groups -OCH3 is 1. The first-order valence-electron chi connectivity index (χ1n) is 21.1. The van der Waals surface area contributed by atoms with Gasteiger partial charge in [-0.3, -0.25) is 24.1 Å². The van der Waals surface area contributed by atoms with Crippen LogP contribution in [0.5, 0.6) is 11.5 Å².